The first-order chi connectivity index (χ1) is 16.6. The van der Waals surface area contributed by atoms with Crippen LogP contribution in [0.1, 0.15) is 11.1 Å². The molecule has 0 aromatic heterocycles. The van der Waals surface area contributed by atoms with Crippen LogP contribution in [0, 0.1) is 10.1 Å². The van der Waals surface area contributed by atoms with E-state index >= 15 is 0 Å². The van der Waals surface area contributed by atoms with Crippen LogP contribution in [0.15, 0.2) is 87.1 Å². The molecule has 0 unspecified atom stereocenters. The van der Waals surface area contributed by atoms with Crippen molar-refractivity contribution in [2.24, 2.45) is 0 Å². The molecule has 1 heterocycles. The topological polar surface area (TPSA) is 124 Å². The van der Waals surface area contributed by atoms with Crippen molar-refractivity contribution in [1.29, 1.82) is 0 Å². The molecule has 0 bridgehead atoms. The Morgan fingerprint density at radius 3 is 2.29 bits per heavy atom. The third-order valence-corrected chi connectivity index (χ3v) is 7.82. The number of hydrogen-bond donors (Lipinski definition) is 0. The van der Waals surface area contributed by atoms with Crippen LogP contribution in [0.2, 0.25) is 0 Å². The molecule has 1 saturated heterocycles. The van der Waals surface area contributed by atoms with Gasteiger partial charge in [0.25, 0.3) is 16.8 Å². The predicted molar refractivity (Wildman–Crippen MR) is 133 cm³/mol. The van der Waals surface area contributed by atoms with Crippen LogP contribution < -0.4 is 4.18 Å². The molecule has 1 aliphatic heterocycles. The summed E-state index contributed by atoms with van der Waals surface area (Å²) < 4.78 is 30.8. The molecule has 35 heavy (non-hydrogen) atoms. The van der Waals surface area contributed by atoms with Gasteiger partial charge in [0.2, 0.25) is 0 Å². The van der Waals surface area contributed by atoms with Gasteiger partial charge < -0.3 is 4.18 Å². The summed E-state index contributed by atoms with van der Waals surface area (Å²) in [6.45, 7) is 0.136. The lowest BCUT2D eigenvalue weighted by molar-refractivity contribution is -0.384. The Kier molecular flexibility index (Phi) is 7.05. The largest absolute Gasteiger partial charge is 0.379 e. The van der Waals surface area contributed by atoms with E-state index in [9.17, 15) is 28.1 Å². The smallest absolute Gasteiger partial charge is 0.339 e. The molecular formula is C23H15BrN2O7S2. The van der Waals surface area contributed by atoms with Crippen LogP contribution in [0.3, 0.4) is 0 Å². The fourth-order valence-electron chi connectivity index (χ4n) is 3.11. The summed E-state index contributed by atoms with van der Waals surface area (Å²) in [5.41, 5.74) is 1.12. The number of carbonyl (C=O) groups is 2. The number of rotatable bonds is 7. The zero-order valence-corrected chi connectivity index (χ0v) is 20.9. The van der Waals surface area contributed by atoms with Gasteiger partial charge >= 0.3 is 10.1 Å². The van der Waals surface area contributed by atoms with Crippen LogP contribution in [-0.4, -0.2) is 29.4 Å². The second-order valence-corrected chi connectivity index (χ2v) is 10.6. The maximum Gasteiger partial charge on any atom is 0.339 e. The van der Waals surface area contributed by atoms with E-state index in [1.165, 1.54) is 12.1 Å². The van der Waals surface area contributed by atoms with Crippen molar-refractivity contribution in [2.75, 3.05) is 0 Å². The Labute approximate surface area is 212 Å². The standard InChI is InChI=1S/C23H15BrN2O7S2/c24-20-4-2-1-3-16(20)14-25-22(27)21(34-23(25)28)13-15-5-9-18(10-6-15)33-35(31,32)19-11-7-17(8-12-19)26(29)30/h1-13H,14H2/b21-13-. The molecule has 0 aliphatic carbocycles. The number of imide groups is 1. The Bertz CT molecular complexity index is 1450. The molecule has 0 radical (unpaired) electrons. The molecule has 0 saturated carbocycles. The minimum absolute atomic E-state index is 0.0162. The maximum absolute atomic E-state index is 12.8. The summed E-state index contributed by atoms with van der Waals surface area (Å²) in [7, 11) is -4.20. The fourth-order valence-corrected chi connectivity index (χ4v) is 5.29. The zero-order valence-electron chi connectivity index (χ0n) is 17.7. The Morgan fingerprint density at radius 1 is 1.00 bits per heavy atom. The van der Waals surface area contributed by atoms with E-state index in [0.29, 0.717) is 5.56 Å². The monoisotopic (exact) mass is 574 g/mol. The number of hydrogen-bond acceptors (Lipinski definition) is 8. The lowest BCUT2D eigenvalue weighted by atomic mass is 10.2. The Balaban J connectivity index is 1.46. The van der Waals surface area contributed by atoms with Crippen molar-refractivity contribution in [3.8, 4) is 5.75 Å². The van der Waals surface area contributed by atoms with E-state index in [1.54, 1.807) is 18.2 Å². The first kappa shape index (κ1) is 24.6. The number of nitro groups is 1. The predicted octanol–water partition coefficient (Wildman–Crippen LogP) is 5.36. The molecular weight excluding hydrogens is 560 g/mol. The molecule has 0 atom stereocenters. The maximum atomic E-state index is 12.8. The van der Waals surface area contributed by atoms with Crippen LogP contribution in [-0.2, 0) is 21.5 Å². The van der Waals surface area contributed by atoms with E-state index in [-0.39, 0.29) is 33.0 Å². The van der Waals surface area contributed by atoms with Gasteiger partial charge in [0, 0.05) is 16.6 Å². The Morgan fingerprint density at radius 2 is 1.66 bits per heavy atom. The van der Waals surface area contributed by atoms with Gasteiger partial charge in [-0.1, -0.05) is 46.3 Å². The molecule has 0 spiro atoms. The summed E-state index contributed by atoms with van der Waals surface area (Å²) in [4.78, 5) is 36.4. The van der Waals surface area contributed by atoms with Gasteiger partial charge in [-0.15, -0.1) is 0 Å². The highest BCUT2D eigenvalue weighted by Crippen LogP contribution is 2.34. The minimum Gasteiger partial charge on any atom is -0.379 e. The number of carbonyl (C=O) groups excluding carboxylic acids is 2. The normalized spacial score (nSPS) is 15.0. The second kappa shape index (κ2) is 10.0. The van der Waals surface area contributed by atoms with Gasteiger partial charge in [-0.3, -0.25) is 24.6 Å². The first-order valence-corrected chi connectivity index (χ1v) is 12.9. The van der Waals surface area contributed by atoms with Crippen LogP contribution in [0.25, 0.3) is 6.08 Å². The zero-order chi connectivity index (χ0) is 25.2. The van der Waals surface area contributed by atoms with Gasteiger partial charge in [-0.2, -0.15) is 8.42 Å². The molecule has 0 N–H and O–H groups in total. The van der Waals surface area contributed by atoms with E-state index < -0.39 is 20.9 Å². The third kappa shape index (κ3) is 5.61. The molecule has 3 aromatic carbocycles. The molecule has 178 valence electrons. The van der Waals surface area contributed by atoms with Gasteiger partial charge in [0.05, 0.1) is 16.4 Å². The van der Waals surface area contributed by atoms with Crippen molar-refractivity contribution in [3.05, 3.63) is 103 Å². The highest BCUT2D eigenvalue weighted by atomic mass is 79.9. The Hall–Kier alpha value is -3.48. The van der Waals surface area contributed by atoms with Crippen molar-refractivity contribution < 1.29 is 27.1 Å². The second-order valence-electron chi connectivity index (χ2n) is 7.22. The highest BCUT2D eigenvalue weighted by molar-refractivity contribution is 9.10. The van der Waals surface area contributed by atoms with Crippen molar-refractivity contribution >= 4 is 60.7 Å². The SMILES string of the molecule is O=C1S/C(=C\c2ccc(OS(=O)(=O)c3ccc([N+](=O)[O-])cc3)cc2)C(=O)N1Cc1ccccc1Br. The van der Waals surface area contributed by atoms with E-state index in [1.807, 2.05) is 24.3 Å². The van der Waals surface area contributed by atoms with E-state index in [0.717, 1.165) is 51.0 Å². The number of nitro benzene ring substituents is 1. The summed E-state index contributed by atoms with van der Waals surface area (Å²) in [5.74, 6) is -0.403. The fraction of sp³-hybridized carbons (Fsp3) is 0.0435. The molecule has 3 aromatic rings. The number of amides is 2. The average molecular weight is 575 g/mol. The molecule has 9 nitrogen and oxygen atoms in total. The summed E-state index contributed by atoms with van der Waals surface area (Å²) >= 11 is 4.24. The van der Waals surface area contributed by atoms with Crippen LogP contribution >= 0.6 is 27.7 Å². The van der Waals surface area contributed by atoms with E-state index in [2.05, 4.69) is 15.9 Å². The molecule has 1 aliphatic rings. The van der Waals surface area contributed by atoms with Gasteiger partial charge in [-0.25, -0.2) is 0 Å². The lowest BCUT2D eigenvalue weighted by Crippen LogP contribution is -2.27. The van der Waals surface area contributed by atoms with Crippen molar-refractivity contribution in [2.45, 2.75) is 11.4 Å². The van der Waals surface area contributed by atoms with Crippen molar-refractivity contribution in [3.63, 3.8) is 0 Å². The summed E-state index contributed by atoms with van der Waals surface area (Å²) in [6, 6.07) is 17.5. The minimum atomic E-state index is -4.20. The third-order valence-electron chi connectivity index (χ3n) is 4.88. The van der Waals surface area contributed by atoms with Gasteiger partial charge in [0.1, 0.15) is 10.6 Å². The lowest BCUT2D eigenvalue weighted by Gasteiger charge is -2.13. The average Bonchev–Trinajstić information content (AvgIpc) is 3.09. The number of thioether (sulfide) groups is 1. The number of nitrogens with zero attached hydrogens (tertiary/aromatic N) is 2. The highest BCUT2D eigenvalue weighted by Gasteiger charge is 2.35. The summed E-state index contributed by atoms with van der Waals surface area (Å²) in [5, 5.41) is 10.4. The molecule has 4 rings (SSSR count). The number of halogens is 1. The first-order valence-electron chi connectivity index (χ1n) is 9.92. The van der Waals surface area contributed by atoms with Crippen LogP contribution in [0.5, 0.6) is 5.75 Å². The number of benzene rings is 3. The molecule has 2 amide bonds. The quantitative estimate of drug-likeness (QED) is 0.160. The number of non-ortho nitro benzene ring substituents is 1. The van der Waals surface area contributed by atoms with E-state index in [4.69, 9.17) is 4.18 Å². The molecule has 12 heteroatoms. The van der Waals surface area contributed by atoms with Crippen LogP contribution in [0.4, 0.5) is 10.5 Å². The van der Waals surface area contributed by atoms with Gasteiger partial charge in [0.15, 0.2) is 0 Å². The van der Waals surface area contributed by atoms with Gasteiger partial charge in [-0.05, 0) is 59.3 Å². The molecule has 1 fully saturated rings. The summed E-state index contributed by atoms with van der Waals surface area (Å²) in [6.07, 6.45) is 1.54. The van der Waals surface area contributed by atoms with Crippen molar-refractivity contribution in [1.82, 2.24) is 4.90 Å².